The quantitative estimate of drug-likeness (QED) is 0.382. The van der Waals surface area contributed by atoms with E-state index in [2.05, 4.69) is 42.7 Å². The summed E-state index contributed by atoms with van der Waals surface area (Å²) in [5.41, 5.74) is 5.45. The van der Waals surface area contributed by atoms with Crippen LogP contribution in [0.2, 0.25) is 0 Å². The molecule has 0 aliphatic carbocycles. The van der Waals surface area contributed by atoms with Crippen molar-refractivity contribution in [3.8, 4) is 5.75 Å². The molecule has 1 aromatic heterocycles. The molecule has 3 aromatic carbocycles. The Balaban J connectivity index is 1.38. The maximum Gasteiger partial charge on any atom is 0.227 e. The van der Waals surface area contributed by atoms with E-state index in [0.717, 1.165) is 40.3 Å². The van der Waals surface area contributed by atoms with Gasteiger partial charge in [0.1, 0.15) is 18.2 Å². The first-order valence-corrected chi connectivity index (χ1v) is 11.7. The predicted octanol–water partition coefficient (Wildman–Crippen LogP) is 5.51. The topological polar surface area (TPSA) is 47.4 Å². The number of fused-ring (bicyclic) bond motifs is 1. The summed E-state index contributed by atoms with van der Waals surface area (Å²) >= 11 is 0. The van der Waals surface area contributed by atoms with Crippen LogP contribution in [0.3, 0.4) is 0 Å². The fraction of sp³-hybridized carbons (Fsp3) is 0.286. The van der Waals surface area contributed by atoms with Crippen LogP contribution in [0.25, 0.3) is 11.0 Å². The van der Waals surface area contributed by atoms with Crippen molar-refractivity contribution < 1.29 is 9.53 Å². The Hall–Kier alpha value is -3.60. The first-order valence-electron chi connectivity index (χ1n) is 11.7. The van der Waals surface area contributed by atoms with Crippen LogP contribution in [0.15, 0.2) is 72.8 Å². The smallest absolute Gasteiger partial charge is 0.227 e. The van der Waals surface area contributed by atoms with E-state index in [0.29, 0.717) is 26.1 Å². The van der Waals surface area contributed by atoms with Gasteiger partial charge in [-0.15, -0.1) is 0 Å². The van der Waals surface area contributed by atoms with Gasteiger partial charge < -0.3 is 14.2 Å². The molecule has 0 bridgehead atoms. The molecule has 0 radical (unpaired) electrons. The number of benzene rings is 3. The Bertz CT molecular complexity index is 1280. The minimum atomic E-state index is 0.0494. The highest BCUT2D eigenvalue weighted by atomic mass is 16.5. The van der Waals surface area contributed by atoms with E-state index in [4.69, 9.17) is 9.72 Å². The van der Waals surface area contributed by atoms with Crippen molar-refractivity contribution in [3.05, 3.63) is 89.7 Å². The summed E-state index contributed by atoms with van der Waals surface area (Å²) < 4.78 is 8.28. The summed E-state index contributed by atoms with van der Waals surface area (Å²) in [5.74, 6) is 2.04. The lowest BCUT2D eigenvalue weighted by Gasteiger charge is -2.19. The Morgan fingerprint density at radius 2 is 1.76 bits per heavy atom. The average Bonchev–Trinajstić information content (AvgIpc) is 3.40. The third-order valence-electron chi connectivity index (χ3n) is 6.50. The molecule has 1 saturated heterocycles. The molecule has 0 N–H and O–H groups in total. The van der Waals surface area contributed by atoms with E-state index >= 15 is 0 Å². The van der Waals surface area contributed by atoms with Gasteiger partial charge in [-0.1, -0.05) is 49.4 Å². The monoisotopic (exact) mass is 439 g/mol. The number of para-hydroxylation sites is 3. The number of imidazole rings is 1. The zero-order valence-electron chi connectivity index (χ0n) is 19.2. The lowest BCUT2D eigenvalue weighted by atomic mass is 10.1. The highest BCUT2D eigenvalue weighted by Gasteiger charge is 2.35. The summed E-state index contributed by atoms with van der Waals surface area (Å²) in [6, 6.07) is 24.5. The predicted molar refractivity (Wildman–Crippen MR) is 132 cm³/mol. The summed E-state index contributed by atoms with van der Waals surface area (Å²) in [7, 11) is 0. The van der Waals surface area contributed by atoms with Crippen molar-refractivity contribution in [1.29, 1.82) is 0 Å². The second kappa shape index (κ2) is 9.10. The Morgan fingerprint density at radius 3 is 2.55 bits per heavy atom. The van der Waals surface area contributed by atoms with Gasteiger partial charge in [0.25, 0.3) is 0 Å². The molecule has 4 aromatic rings. The number of amides is 1. The lowest BCUT2D eigenvalue weighted by molar-refractivity contribution is -0.117. The fourth-order valence-corrected chi connectivity index (χ4v) is 4.70. The fourth-order valence-electron chi connectivity index (χ4n) is 4.70. The van der Waals surface area contributed by atoms with Gasteiger partial charge in [-0.05, 0) is 54.8 Å². The number of carbonyl (C=O) groups is 1. The Morgan fingerprint density at radius 1 is 1.00 bits per heavy atom. The van der Waals surface area contributed by atoms with E-state index in [-0.39, 0.29) is 11.8 Å². The van der Waals surface area contributed by atoms with Crippen molar-refractivity contribution >= 4 is 22.6 Å². The maximum absolute atomic E-state index is 13.0. The van der Waals surface area contributed by atoms with E-state index in [9.17, 15) is 4.79 Å². The van der Waals surface area contributed by atoms with E-state index in [1.807, 2.05) is 53.4 Å². The van der Waals surface area contributed by atoms with Crippen molar-refractivity contribution in [2.45, 2.75) is 39.2 Å². The van der Waals surface area contributed by atoms with Crippen LogP contribution >= 0.6 is 0 Å². The molecular weight excluding hydrogens is 410 g/mol. The zero-order chi connectivity index (χ0) is 22.8. The van der Waals surface area contributed by atoms with Gasteiger partial charge in [0, 0.05) is 24.6 Å². The number of aryl methyl sites for hydroxylation is 2. The second-order valence-corrected chi connectivity index (χ2v) is 8.65. The maximum atomic E-state index is 13.0. The number of ether oxygens (including phenoxy) is 1. The molecule has 168 valence electrons. The molecule has 0 unspecified atom stereocenters. The van der Waals surface area contributed by atoms with Crippen LogP contribution in [0, 0.1) is 6.92 Å². The van der Waals surface area contributed by atoms with Crippen LogP contribution in [0.5, 0.6) is 5.75 Å². The Kier molecular flexibility index (Phi) is 5.86. The van der Waals surface area contributed by atoms with Gasteiger partial charge in [-0.2, -0.15) is 0 Å². The molecular formula is C28H29N3O2. The summed E-state index contributed by atoms with van der Waals surface area (Å²) in [6.45, 7) is 6.07. The van der Waals surface area contributed by atoms with Crippen molar-refractivity contribution in [2.75, 3.05) is 18.1 Å². The van der Waals surface area contributed by atoms with Gasteiger partial charge in [0.2, 0.25) is 5.91 Å². The molecule has 5 rings (SSSR count). The van der Waals surface area contributed by atoms with Crippen LogP contribution in [-0.4, -0.2) is 28.6 Å². The molecule has 2 heterocycles. The standard InChI is InChI=1S/C28H29N3O2/c1-3-21-12-14-23(15-13-21)33-17-16-30-26-11-7-5-9-24(26)29-28(30)22-18-27(32)31(19-22)25-10-6-4-8-20(25)2/h4-15,22H,3,16-19H2,1-2H3/t22-/m1/s1. The number of hydrogen-bond donors (Lipinski definition) is 0. The molecule has 1 aliphatic heterocycles. The van der Waals surface area contributed by atoms with Crippen molar-refractivity contribution in [3.63, 3.8) is 0 Å². The van der Waals surface area contributed by atoms with Crippen molar-refractivity contribution in [1.82, 2.24) is 9.55 Å². The van der Waals surface area contributed by atoms with Gasteiger partial charge in [-0.25, -0.2) is 4.98 Å². The van der Waals surface area contributed by atoms with Crippen LogP contribution in [0.4, 0.5) is 5.69 Å². The van der Waals surface area contributed by atoms with E-state index < -0.39 is 0 Å². The lowest BCUT2D eigenvalue weighted by Crippen LogP contribution is -2.25. The third kappa shape index (κ3) is 4.23. The van der Waals surface area contributed by atoms with Gasteiger partial charge in [0.05, 0.1) is 17.6 Å². The molecule has 1 atom stereocenters. The van der Waals surface area contributed by atoms with E-state index in [1.165, 1.54) is 5.56 Å². The third-order valence-corrected chi connectivity index (χ3v) is 6.50. The summed E-state index contributed by atoms with van der Waals surface area (Å²) in [4.78, 5) is 19.8. The number of hydrogen-bond acceptors (Lipinski definition) is 3. The highest BCUT2D eigenvalue weighted by Crippen LogP contribution is 2.34. The van der Waals surface area contributed by atoms with Gasteiger partial charge in [0.15, 0.2) is 0 Å². The van der Waals surface area contributed by atoms with Crippen molar-refractivity contribution in [2.24, 2.45) is 0 Å². The molecule has 5 nitrogen and oxygen atoms in total. The average molecular weight is 440 g/mol. The number of carbonyl (C=O) groups excluding carboxylic acids is 1. The number of nitrogens with zero attached hydrogens (tertiary/aromatic N) is 3. The van der Waals surface area contributed by atoms with Crippen LogP contribution < -0.4 is 9.64 Å². The first kappa shape index (κ1) is 21.3. The van der Waals surface area contributed by atoms with Crippen LogP contribution in [0.1, 0.15) is 36.2 Å². The number of anilines is 1. The molecule has 1 fully saturated rings. The summed E-state index contributed by atoms with van der Waals surface area (Å²) in [5, 5.41) is 0. The van der Waals surface area contributed by atoms with Crippen LogP contribution in [-0.2, 0) is 17.8 Å². The SMILES string of the molecule is CCc1ccc(OCCn2c([C@@H]3CC(=O)N(c4ccccc4C)C3)nc3ccccc32)cc1. The van der Waals surface area contributed by atoms with Gasteiger partial charge >= 0.3 is 0 Å². The summed E-state index contributed by atoms with van der Waals surface area (Å²) in [6.07, 6.45) is 1.49. The minimum absolute atomic E-state index is 0.0494. The first-order chi connectivity index (χ1) is 16.1. The molecule has 1 amide bonds. The molecule has 0 saturated carbocycles. The number of rotatable bonds is 7. The minimum Gasteiger partial charge on any atom is -0.492 e. The largest absolute Gasteiger partial charge is 0.492 e. The number of aromatic nitrogens is 2. The van der Waals surface area contributed by atoms with Gasteiger partial charge in [-0.3, -0.25) is 4.79 Å². The molecule has 33 heavy (non-hydrogen) atoms. The molecule has 1 aliphatic rings. The van der Waals surface area contributed by atoms with E-state index in [1.54, 1.807) is 0 Å². The highest BCUT2D eigenvalue weighted by molar-refractivity contribution is 5.97. The zero-order valence-corrected chi connectivity index (χ0v) is 19.2. The second-order valence-electron chi connectivity index (χ2n) is 8.65. The Labute approximate surface area is 194 Å². The normalized spacial score (nSPS) is 16.0. The molecule has 5 heteroatoms. The molecule has 0 spiro atoms.